The third-order valence-electron chi connectivity index (χ3n) is 7.30. The fraction of sp³-hybridized carbons (Fsp3) is 0.500. The molecule has 0 unspecified atom stereocenters. The molecule has 0 aliphatic heterocycles. The smallest absolute Gasteiger partial charge is 0.419 e. The van der Waals surface area contributed by atoms with Gasteiger partial charge in [0.25, 0.3) is 0 Å². The first kappa shape index (κ1) is 28.7. The lowest BCUT2D eigenvalue weighted by Crippen LogP contribution is -2.35. The quantitative estimate of drug-likeness (QED) is 0.225. The average molecular weight is 550 g/mol. The van der Waals surface area contributed by atoms with Crippen LogP contribution in [0, 0.1) is 18.2 Å². The lowest BCUT2D eigenvalue weighted by atomic mass is 10.0. The molecule has 0 spiro atoms. The van der Waals surface area contributed by atoms with Crippen molar-refractivity contribution in [2.24, 2.45) is 5.41 Å². The molecular weight excluding hydrogens is 514 g/mol. The molecule has 39 heavy (non-hydrogen) atoms. The highest BCUT2D eigenvalue weighted by atomic mass is 19.4. The van der Waals surface area contributed by atoms with E-state index in [-0.39, 0.29) is 16.7 Å². The van der Waals surface area contributed by atoms with E-state index in [9.17, 15) is 17.6 Å². The van der Waals surface area contributed by atoms with Crippen molar-refractivity contribution in [1.82, 2.24) is 14.9 Å². The van der Waals surface area contributed by atoms with E-state index in [1.165, 1.54) is 6.07 Å². The topological polar surface area (TPSA) is 85.5 Å². The Morgan fingerprint density at radius 1 is 1.10 bits per heavy atom. The molecule has 1 aromatic heterocycles. The number of rotatable bonds is 10. The second-order valence-corrected chi connectivity index (χ2v) is 10.8. The van der Waals surface area contributed by atoms with E-state index in [1.54, 1.807) is 33.1 Å². The van der Waals surface area contributed by atoms with Crippen LogP contribution in [0.3, 0.4) is 0 Å². The summed E-state index contributed by atoms with van der Waals surface area (Å²) in [5, 5.41) is 3.62. The fourth-order valence-electron chi connectivity index (χ4n) is 4.58. The van der Waals surface area contributed by atoms with E-state index in [4.69, 9.17) is 15.2 Å². The van der Waals surface area contributed by atoms with Gasteiger partial charge in [0, 0.05) is 40.7 Å². The molecule has 1 aliphatic carbocycles. The predicted molar refractivity (Wildman–Crippen MR) is 144 cm³/mol. The molecule has 0 radical (unpaired) electrons. The number of nitrogen functional groups attached to an aromatic ring is 1. The van der Waals surface area contributed by atoms with Crippen molar-refractivity contribution >= 4 is 22.4 Å². The minimum Gasteiger partial charge on any atom is -0.493 e. The number of anilines is 2. The van der Waals surface area contributed by atoms with Gasteiger partial charge < -0.3 is 25.4 Å². The SMILES string of the molecule is COc1cc2nc(C)nc(N[C@H](C)c3cc(N)cc(C(F)(F)F)c3F)c2cc1OCC1(CN(C)C(C)C)CC1. The van der Waals surface area contributed by atoms with E-state index >= 15 is 0 Å². The minimum absolute atomic E-state index is 0.0688. The molecule has 1 fully saturated rings. The molecule has 3 aromatic rings. The van der Waals surface area contributed by atoms with Crippen molar-refractivity contribution in [2.75, 3.05) is 38.4 Å². The van der Waals surface area contributed by atoms with Gasteiger partial charge >= 0.3 is 6.18 Å². The van der Waals surface area contributed by atoms with Crippen LogP contribution in [0.15, 0.2) is 24.3 Å². The number of nitrogens with two attached hydrogens (primary N) is 1. The molecule has 1 aliphatic rings. The summed E-state index contributed by atoms with van der Waals surface area (Å²) in [5.74, 6) is 0.378. The number of aromatic nitrogens is 2. The molecule has 0 amide bonds. The van der Waals surface area contributed by atoms with Crippen molar-refractivity contribution in [3.8, 4) is 11.5 Å². The maximum absolute atomic E-state index is 14.9. The zero-order valence-corrected chi connectivity index (χ0v) is 23.0. The Hall–Kier alpha value is -3.34. The number of nitrogens with one attached hydrogen (secondary N) is 1. The Kier molecular flexibility index (Phi) is 7.84. The van der Waals surface area contributed by atoms with Gasteiger partial charge in [0.1, 0.15) is 17.5 Å². The van der Waals surface area contributed by atoms with Crippen molar-refractivity contribution < 1.29 is 27.0 Å². The van der Waals surface area contributed by atoms with Gasteiger partial charge in [-0.3, -0.25) is 0 Å². The zero-order chi connectivity index (χ0) is 28.7. The summed E-state index contributed by atoms with van der Waals surface area (Å²) in [6.07, 6.45) is -2.74. The van der Waals surface area contributed by atoms with Crippen LogP contribution in [-0.4, -0.2) is 48.2 Å². The van der Waals surface area contributed by atoms with Crippen LogP contribution in [0.2, 0.25) is 0 Å². The van der Waals surface area contributed by atoms with Crippen molar-refractivity contribution in [3.63, 3.8) is 0 Å². The highest BCUT2D eigenvalue weighted by molar-refractivity contribution is 5.92. The third kappa shape index (κ3) is 6.29. The Labute approximate surface area is 225 Å². The molecule has 0 bridgehead atoms. The van der Waals surface area contributed by atoms with Crippen LogP contribution in [0.1, 0.15) is 56.6 Å². The second-order valence-electron chi connectivity index (χ2n) is 10.8. The number of hydrogen-bond donors (Lipinski definition) is 2. The van der Waals surface area contributed by atoms with Gasteiger partial charge in [-0.2, -0.15) is 13.2 Å². The van der Waals surface area contributed by atoms with Crippen LogP contribution in [-0.2, 0) is 6.18 Å². The summed E-state index contributed by atoms with van der Waals surface area (Å²) in [5.41, 5.74) is 4.49. The molecule has 1 saturated carbocycles. The lowest BCUT2D eigenvalue weighted by molar-refractivity contribution is -0.140. The Morgan fingerprint density at radius 3 is 2.38 bits per heavy atom. The van der Waals surface area contributed by atoms with Crippen LogP contribution in [0.25, 0.3) is 10.9 Å². The number of nitrogens with zero attached hydrogens (tertiary/aromatic N) is 3. The molecule has 1 heterocycles. The summed E-state index contributed by atoms with van der Waals surface area (Å²) >= 11 is 0. The van der Waals surface area contributed by atoms with Gasteiger partial charge in [-0.05, 0) is 65.8 Å². The number of hydrogen-bond acceptors (Lipinski definition) is 7. The van der Waals surface area contributed by atoms with E-state index in [2.05, 4.69) is 41.1 Å². The zero-order valence-electron chi connectivity index (χ0n) is 23.0. The third-order valence-corrected chi connectivity index (χ3v) is 7.30. The Balaban J connectivity index is 1.66. The van der Waals surface area contributed by atoms with E-state index in [1.807, 2.05) is 0 Å². The van der Waals surface area contributed by atoms with Crippen LogP contribution >= 0.6 is 0 Å². The Morgan fingerprint density at radius 2 is 1.79 bits per heavy atom. The van der Waals surface area contributed by atoms with Gasteiger partial charge in [0.15, 0.2) is 11.5 Å². The summed E-state index contributed by atoms with van der Waals surface area (Å²) in [6.45, 7) is 8.97. The van der Waals surface area contributed by atoms with Crippen molar-refractivity contribution in [2.45, 2.75) is 58.8 Å². The molecular formula is C28H35F4N5O2. The van der Waals surface area contributed by atoms with E-state index < -0.39 is 23.6 Å². The summed E-state index contributed by atoms with van der Waals surface area (Å²) in [7, 11) is 3.64. The molecule has 11 heteroatoms. The normalized spacial score (nSPS) is 15.6. The van der Waals surface area contributed by atoms with Crippen molar-refractivity contribution in [3.05, 3.63) is 47.0 Å². The maximum atomic E-state index is 14.9. The van der Waals surface area contributed by atoms with Gasteiger partial charge in [0.05, 0.1) is 30.8 Å². The van der Waals surface area contributed by atoms with Crippen LogP contribution in [0.4, 0.5) is 29.1 Å². The highest BCUT2D eigenvalue weighted by Crippen LogP contribution is 2.47. The van der Waals surface area contributed by atoms with Gasteiger partial charge in [-0.25, -0.2) is 14.4 Å². The van der Waals surface area contributed by atoms with Crippen LogP contribution < -0.4 is 20.5 Å². The van der Waals surface area contributed by atoms with Gasteiger partial charge in [-0.1, -0.05) is 0 Å². The first-order chi connectivity index (χ1) is 18.2. The number of methoxy groups -OCH3 is 1. The number of benzene rings is 2. The molecule has 4 rings (SSSR count). The number of fused-ring (bicyclic) bond motifs is 1. The standard InChI is InChI=1S/C28H35F4N5O2/c1-15(2)37(5)13-27(7-8-27)14-39-24-11-20-22(12-23(24)38-6)35-17(4)36-26(20)34-16(3)19-9-18(33)10-21(25(19)29)28(30,31)32/h9-12,15-16H,7-8,13-14,33H2,1-6H3,(H,34,35,36)/t16-/m1/s1. The highest BCUT2D eigenvalue weighted by Gasteiger charge is 2.44. The lowest BCUT2D eigenvalue weighted by Gasteiger charge is -2.27. The Bertz CT molecular complexity index is 1360. The number of halogens is 4. The average Bonchev–Trinajstić information content (AvgIpc) is 3.61. The summed E-state index contributed by atoms with van der Waals surface area (Å²) < 4.78 is 66.9. The number of alkyl halides is 3. The fourth-order valence-corrected chi connectivity index (χ4v) is 4.58. The monoisotopic (exact) mass is 549 g/mol. The number of ether oxygens (including phenoxy) is 2. The first-order valence-electron chi connectivity index (χ1n) is 12.8. The molecule has 1 atom stereocenters. The van der Waals surface area contributed by atoms with Gasteiger partial charge in [-0.15, -0.1) is 0 Å². The summed E-state index contributed by atoms with van der Waals surface area (Å²) in [4.78, 5) is 11.3. The van der Waals surface area contributed by atoms with E-state index in [0.29, 0.717) is 52.8 Å². The number of aryl methyl sites for hydroxylation is 1. The van der Waals surface area contributed by atoms with Gasteiger partial charge in [0.2, 0.25) is 0 Å². The molecule has 7 nitrogen and oxygen atoms in total. The van der Waals surface area contributed by atoms with Crippen LogP contribution in [0.5, 0.6) is 11.5 Å². The first-order valence-corrected chi connectivity index (χ1v) is 12.8. The molecule has 2 aromatic carbocycles. The van der Waals surface area contributed by atoms with E-state index in [0.717, 1.165) is 19.4 Å². The predicted octanol–water partition coefficient (Wildman–Crippen LogP) is 6.36. The second kappa shape index (κ2) is 10.7. The van der Waals surface area contributed by atoms with Crippen molar-refractivity contribution in [1.29, 1.82) is 0 Å². The molecule has 3 N–H and O–H groups in total. The summed E-state index contributed by atoms with van der Waals surface area (Å²) in [6, 6.07) is 4.81. The molecule has 212 valence electrons. The maximum Gasteiger partial charge on any atom is 0.419 e. The largest absolute Gasteiger partial charge is 0.493 e. The molecule has 0 saturated heterocycles. The minimum atomic E-state index is -4.88.